The summed E-state index contributed by atoms with van der Waals surface area (Å²) in [4.78, 5) is 28.8. The van der Waals surface area contributed by atoms with Gasteiger partial charge in [0.1, 0.15) is 5.15 Å². The van der Waals surface area contributed by atoms with Crippen molar-refractivity contribution < 1.29 is 9.59 Å². The van der Waals surface area contributed by atoms with E-state index in [0.29, 0.717) is 24.3 Å². The second kappa shape index (κ2) is 4.71. The van der Waals surface area contributed by atoms with E-state index in [9.17, 15) is 9.59 Å². The maximum absolute atomic E-state index is 12.1. The number of aromatic nitrogens is 1. The number of pyridine rings is 1. The topological polar surface area (TPSA) is 62.3 Å². The van der Waals surface area contributed by atoms with Crippen molar-refractivity contribution in [2.45, 2.75) is 6.92 Å². The summed E-state index contributed by atoms with van der Waals surface area (Å²) < 4.78 is 0. The van der Waals surface area contributed by atoms with Gasteiger partial charge < -0.3 is 10.2 Å². The van der Waals surface area contributed by atoms with E-state index in [-0.39, 0.29) is 23.5 Å². The Morgan fingerprint density at radius 2 is 2.29 bits per heavy atom. The minimum absolute atomic E-state index is 0.0951. The first-order valence-corrected chi connectivity index (χ1v) is 5.64. The summed E-state index contributed by atoms with van der Waals surface area (Å²) in [5, 5.41) is 2.96. The average molecular weight is 254 g/mol. The number of nitrogens with one attached hydrogen (secondary N) is 1. The van der Waals surface area contributed by atoms with Gasteiger partial charge in [-0.15, -0.1) is 0 Å². The van der Waals surface area contributed by atoms with Gasteiger partial charge in [-0.3, -0.25) is 9.59 Å². The molecule has 0 radical (unpaired) electrons. The zero-order valence-electron chi connectivity index (χ0n) is 9.36. The molecule has 2 amide bonds. The van der Waals surface area contributed by atoms with Crippen LogP contribution in [-0.2, 0) is 4.79 Å². The Balaban J connectivity index is 2.21. The maximum atomic E-state index is 12.1. The lowest BCUT2D eigenvalue weighted by atomic mass is 10.2. The molecule has 5 nitrogen and oxygen atoms in total. The molecule has 1 aliphatic heterocycles. The van der Waals surface area contributed by atoms with Gasteiger partial charge in [0.15, 0.2) is 0 Å². The molecule has 1 N–H and O–H groups in total. The van der Waals surface area contributed by atoms with Crippen molar-refractivity contribution in [3.05, 3.63) is 28.5 Å². The van der Waals surface area contributed by atoms with Crippen molar-refractivity contribution in [1.29, 1.82) is 0 Å². The van der Waals surface area contributed by atoms with E-state index in [1.165, 1.54) is 11.0 Å². The molecule has 0 spiro atoms. The summed E-state index contributed by atoms with van der Waals surface area (Å²) >= 11 is 5.80. The molecule has 1 aromatic rings. The van der Waals surface area contributed by atoms with Crippen LogP contribution < -0.4 is 5.32 Å². The molecule has 1 saturated heterocycles. The zero-order valence-corrected chi connectivity index (χ0v) is 10.1. The number of rotatable bonds is 1. The highest BCUT2D eigenvalue weighted by Crippen LogP contribution is 2.13. The highest BCUT2D eigenvalue weighted by atomic mass is 35.5. The van der Waals surface area contributed by atoms with Crippen LogP contribution in [0.5, 0.6) is 0 Å². The number of hydrogen-bond acceptors (Lipinski definition) is 3. The number of halogens is 1. The van der Waals surface area contributed by atoms with Gasteiger partial charge in [0.25, 0.3) is 5.91 Å². The van der Waals surface area contributed by atoms with Crippen molar-refractivity contribution in [2.24, 2.45) is 0 Å². The van der Waals surface area contributed by atoms with Crippen LogP contribution in [-0.4, -0.2) is 41.3 Å². The van der Waals surface area contributed by atoms with Crippen molar-refractivity contribution in [3.63, 3.8) is 0 Å². The fourth-order valence-corrected chi connectivity index (χ4v) is 2.00. The minimum Gasteiger partial charge on any atom is -0.353 e. The van der Waals surface area contributed by atoms with Crippen LogP contribution in [0, 0.1) is 6.92 Å². The average Bonchev–Trinajstić information content (AvgIpc) is 2.26. The smallest absolute Gasteiger partial charge is 0.254 e. The lowest BCUT2D eigenvalue weighted by Crippen LogP contribution is -2.50. The van der Waals surface area contributed by atoms with Gasteiger partial charge in [-0.05, 0) is 19.1 Å². The van der Waals surface area contributed by atoms with E-state index >= 15 is 0 Å². The van der Waals surface area contributed by atoms with Crippen LogP contribution in [0.3, 0.4) is 0 Å². The van der Waals surface area contributed by atoms with Gasteiger partial charge in [0.05, 0.1) is 6.54 Å². The second-order valence-corrected chi connectivity index (χ2v) is 4.28. The van der Waals surface area contributed by atoms with Crippen LogP contribution in [0.25, 0.3) is 0 Å². The molecule has 0 saturated carbocycles. The lowest BCUT2D eigenvalue weighted by molar-refractivity contribution is -0.123. The lowest BCUT2D eigenvalue weighted by Gasteiger charge is -2.26. The largest absolute Gasteiger partial charge is 0.353 e. The van der Waals surface area contributed by atoms with E-state index in [1.54, 1.807) is 13.0 Å². The molecular weight excluding hydrogens is 242 g/mol. The Kier molecular flexibility index (Phi) is 3.28. The molecule has 0 atom stereocenters. The van der Waals surface area contributed by atoms with Crippen molar-refractivity contribution >= 4 is 23.4 Å². The van der Waals surface area contributed by atoms with Crippen molar-refractivity contribution in [3.8, 4) is 0 Å². The Bertz CT molecular complexity index is 456. The Labute approximate surface area is 104 Å². The molecule has 2 heterocycles. The van der Waals surface area contributed by atoms with Crippen LogP contribution in [0.4, 0.5) is 0 Å². The number of nitrogens with zero attached hydrogens (tertiary/aromatic N) is 2. The van der Waals surface area contributed by atoms with Crippen LogP contribution in [0.1, 0.15) is 16.1 Å². The molecule has 2 rings (SSSR count). The van der Waals surface area contributed by atoms with Crippen molar-refractivity contribution in [2.75, 3.05) is 19.6 Å². The quantitative estimate of drug-likeness (QED) is 0.746. The predicted molar refractivity (Wildman–Crippen MR) is 62.9 cm³/mol. The molecule has 1 aromatic heterocycles. The summed E-state index contributed by atoms with van der Waals surface area (Å²) in [6.07, 6.45) is 0. The first-order valence-electron chi connectivity index (χ1n) is 5.26. The Hall–Kier alpha value is -1.62. The van der Waals surface area contributed by atoms with Gasteiger partial charge in [0, 0.05) is 24.3 Å². The minimum atomic E-state index is -0.188. The number of carbonyl (C=O) groups excluding carboxylic acids is 2. The number of carbonyl (C=O) groups is 2. The molecule has 17 heavy (non-hydrogen) atoms. The van der Waals surface area contributed by atoms with Gasteiger partial charge in [0.2, 0.25) is 5.91 Å². The first kappa shape index (κ1) is 11.9. The van der Waals surface area contributed by atoms with Crippen LogP contribution in [0.15, 0.2) is 12.1 Å². The van der Waals surface area contributed by atoms with Gasteiger partial charge in [-0.25, -0.2) is 4.98 Å². The van der Waals surface area contributed by atoms with E-state index in [0.717, 1.165) is 0 Å². The van der Waals surface area contributed by atoms with Gasteiger partial charge in [-0.1, -0.05) is 11.6 Å². The molecule has 0 unspecified atom stereocenters. The highest BCUT2D eigenvalue weighted by molar-refractivity contribution is 6.29. The third-order valence-corrected chi connectivity index (χ3v) is 2.69. The summed E-state index contributed by atoms with van der Waals surface area (Å²) in [6.45, 7) is 2.87. The Morgan fingerprint density at radius 3 is 2.94 bits per heavy atom. The molecular formula is C11H12ClN3O2. The normalized spacial score (nSPS) is 15.6. The second-order valence-electron chi connectivity index (χ2n) is 3.90. The summed E-state index contributed by atoms with van der Waals surface area (Å²) in [7, 11) is 0. The van der Waals surface area contributed by atoms with E-state index < -0.39 is 0 Å². The molecule has 0 aromatic carbocycles. The summed E-state index contributed by atoms with van der Waals surface area (Å²) in [6, 6.07) is 3.18. The van der Waals surface area contributed by atoms with Crippen LogP contribution in [0.2, 0.25) is 5.15 Å². The molecule has 90 valence electrons. The third-order valence-electron chi connectivity index (χ3n) is 2.49. The fourth-order valence-electron chi connectivity index (χ4n) is 1.75. The monoisotopic (exact) mass is 253 g/mol. The number of piperazine rings is 1. The third kappa shape index (κ3) is 2.74. The summed E-state index contributed by atoms with van der Waals surface area (Å²) in [5.74, 6) is -0.325. The number of aryl methyl sites for hydroxylation is 1. The van der Waals surface area contributed by atoms with Gasteiger partial charge in [-0.2, -0.15) is 0 Å². The maximum Gasteiger partial charge on any atom is 0.254 e. The van der Waals surface area contributed by atoms with E-state index in [1.807, 2.05) is 0 Å². The fraction of sp³-hybridized carbons (Fsp3) is 0.364. The molecule has 6 heteroatoms. The van der Waals surface area contributed by atoms with Gasteiger partial charge >= 0.3 is 0 Å². The standard InChI is InChI=1S/C11H12ClN3O2/c1-7-4-8(5-9(12)14-7)11(17)15-3-2-13-10(16)6-15/h4-5H,2-3,6H2,1H3,(H,13,16). The SMILES string of the molecule is Cc1cc(C(=O)N2CCNC(=O)C2)cc(Cl)n1. The molecule has 1 aliphatic rings. The Morgan fingerprint density at radius 1 is 1.53 bits per heavy atom. The molecule has 0 bridgehead atoms. The van der Waals surface area contributed by atoms with Crippen LogP contribution >= 0.6 is 11.6 Å². The first-order chi connectivity index (χ1) is 8.06. The van der Waals surface area contributed by atoms with E-state index in [4.69, 9.17) is 11.6 Å². The number of amides is 2. The van der Waals surface area contributed by atoms with Crippen molar-refractivity contribution in [1.82, 2.24) is 15.2 Å². The van der Waals surface area contributed by atoms with E-state index in [2.05, 4.69) is 10.3 Å². The molecule has 0 aliphatic carbocycles. The predicted octanol–water partition coefficient (Wildman–Crippen LogP) is 0.615. The zero-order chi connectivity index (χ0) is 12.4. The highest BCUT2D eigenvalue weighted by Gasteiger charge is 2.22. The number of hydrogen-bond donors (Lipinski definition) is 1. The summed E-state index contributed by atoms with van der Waals surface area (Å²) in [5.41, 5.74) is 1.15. The molecule has 1 fully saturated rings.